The predicted molar refractivity (Wildman–Crippen MR) is 120 cm³/mol. The van der Waals surface area contributed by atoms with Gasteiger partial charge in [-0.1, -0.05) is 18.2 Å². The lowest BCUT2D eigenvalue weighted by Gasteiger charge is -2.31. The number of carbonyl (C=O) groups excluding carboxylic acids is 3. The zero-order chi connectivity index (χ0) is 21.6. The van der Waals surface area contributed by atoms with Crippen molar-refractivity contribution in [2.24, 2.45) is 0 Å². The van der Waals surface area contributed by atoms with E-state index < -0.39 is 0 Å². The van der Waals surface area contributed by atoms with E-state index in [0.29, 0.717) is 18.5 Å². The van der Waals surface area contributed by atoms with Gasteiger partial charge in [-0.3, -0.25) is 19.3 Å². The Morgan fingerprint density at radius 3 is 2.29 bits per heavy atom. The highest BCUT2D eigenvalue weighted by atomic mass is 16.2. The zero-order valence-corrected chi connectivity index (χ0v) is 17.5. The fourth-order valence-electron chi connectivity index (χ4n) is 4.14. The molecule has 0 spiro atoms. The Morgan fingerprint density at radius 1 is 0.935 bits per heavy atom. The third-order valence-electron chi connectivity index (χ3n) is 5.86. The Bertz CT molecular complexity index is 922. The summed E-state index contributed by atoms with van der Waals surface area (Å²) in [6.45, 7) is 2.63. The third-order valence-corrected chi connectivity index (χ3v) is 5.86. The first kappa shape index (κ1) is 21.1. The quantitative estimate of drug-likeness (QED) is 0.753. The average molecular weight is 421 g/mol. The maximum atomic E-state index is 12.6. The molecule has 3 amide bonds. The van der Waals surface area contributed by atoms with E-state index in [9.17, 15) is 14.4 Å². The van der Waals surface area contributed by atoms with Gasteiger partial charge in [-0.05, 0) is 55.7 Å². The fraction of sp³-hybridized carbons (Fsp3) is 0.375. The molecule has 0 bridgehead atoms. The second-order valence-corrected chi connectivity index (χ2v) is 8.13. The van der Waals surface area contributed by atoms with E-state index in [4.69, 9.17) is 0 Å². The minimum Gasteiger partial charge on any atom is -0.349 e. The SMILES string of the molecule is O=C(CN1CCC(NC(=O)c2ccc(N3CCCC3=O)cc2)CC1)Nc1ccccc1. The molecular weight excluding hydrogens is 392 g/mol. The number of hydrogen-bond donors (Lipinski definition) is 2. The molecule has 0 aliphatic carbocycles. The van der Waals surface area contributed by atoms with E-state index in [1.54, 1.807) is 17.0 Å². The lowest BCUT2D eigenvalue weighted by molar-refractivity contribution is -0.118. The van der Waals surface area contributed by atoms with Crippen LogP contribution in [-0.4, -0.2) is 54.8 Å². The van der Waals surface area contributed by atoms with E-state index in [2.05, 4.69) is 15.5 Å². The van der Waals surface area contributed by atoms with E-state index >= 15 is 0 Å². The van der Waals surface area contributed by atoms with Gasteiger partial charge in [-0.25, -0.2) is 0 Å². The normalized spacial score (nSPS) is 17.5. The molecule has 0 unspecified atom stereocenters. The van der Waals surface area contributed by atoms with Crippen LogP contribution in [0.25, 0.3) is 0 Å². The van der Waals surface area contributed by atoms with Crippen LogP contribution in [0.1, 0.15) is 36.0 Å². The number of piperidine rings is 1. The monoisotopic (exact) mass is 420 g/mol. The van der Waals surface area contributed by atoms with Crippen molar-refractivity contribution >= 4 is 29.1 Å². The highest BCUT2D eigenvalue weighted by molar-refractivity contribution is 5.97. The van der Waals surface area contributed by atoms with Gasteiger partial charge < -0.3 is 15.5 Å². The Labute approximate surface area is 182 Å². The van der Waals surface area contributed by atoms with Gasteiger partial charge in [0.05, 0.1) is 6.54 Å². The summed E-state index contributed by atoms with van der Waals surface area (Å²) in [5.74, 6) is 0.0197. The Morgan fingerprint density at radius 2 is 1.65 bits per heavy atom. The van der Waals surface area contributed by atoms with Crippen LogP contribution in [0.3, 0.4) is 0 Å². The molecule has 2 aromatic carbocycles. The first-order valence-electron chi connectivity index (χ1n) is 10.9. The van der Waals surface area contributed by atoms with Gasteiger partial charge in [0, 0.05) is 49.0 Å². The first-order chi connectivity index (χ1) is 15.1. The summed E-state index contributed by atoms with van der Waals surface area (Å²) < 4.78 is 0. The molecule has 162 valence electrons. The molecule has 7 nitrogen and oxygen atoms in total. The van der Waals surface area contributed by atoms with Crippen LogP contribution in [-0.2, 0) is 9.59 Å². The van der Waals surface area contributed by atoms with Gasteiger partial charge in [0.2, 0.25) is 11.8 Å². The lowest BCUT2D eigenvalue weighted by atomic mass is 10.0. The molecule has 0 saturated carbocycles. The maximum Gasteiger partial charge on any atom is 0.251 e. The standard InChI is InChI=1S/C24H28N4O3/c29-22(25-19-5-2-1-3-6-19)17-27-15-12-20(13-16-27)26-24(31)18-8-10-21(11-9-18)28-14-4-7-23(28)30/h1-3,5-6,8-11,20H,4,7,12-17H2,(H,25,29)(H,26,31). The minimum atomic E-state index is -0.0976. The number of carbonyl (C=O) groups is 3. The second-order valence-electron chi connectivity index (χ2n) is 8.13. The minimum absolute atomic E-state index is 0.0229. The van der Waals surface area contributed by atoms with Gasteiger partial charge in [0.1, 0.15) is 0 Å². The number of para-hydroxylation sites is 1. The van der Waals surface area contributed by atoms with Crippen LogP contribution in [0.4, 0.5) is 11.4 Å². The average Bonchev–Trinajstić information content (AvgIpc) is 3.21. The molecule has 2 aliphatic heterocycles. The van der Waals surface area contributed by atoms with Gasteiger partial charge in [-0.15, -0.1) is 0 Å². The summed E-state index contributed by atoms with van der Waals surface area (Å²) in [6.07, 6.45) is 3.10. The molecule has 7 heteroatoms. The zero-order valence-electron chi connectivity index (χ0n) is 17.5. The van der Waals surface area contributed by atoms with Crippen molar-refractivity contribution in [3.05, 3.63) is 60.2 Å². The molecular formula is C24H28N4O3. The lowest BCUT2D eigenvalue weighted by Crippen LogP contribution is -2.46. The Kier molecular flexibility index (Phi) is 6.62. The molecule has 2 aliphatic rings. The summed E-state index contributed by atoms with van der Waals surface area (Å²) in [7, 11) is 0. The molecule has 0 radical (unpaired) electrons. The number of hydrogen-bond acceptors (Lipinski definition) is 4. The van der Waals surface area contributed by atoms with Crippen molar-refractivity contribution in [3.8, 4) is 0 Å². The topological polar surface area (TPSA) is 81.8 Å². The van der Waals surface area contributed by atoms with Gasteiger partial charge >= 0.3 is 0 Å². The van der Waals surface area contributed by atoms with Crippen LogP contribution in [0.2, 0.25) is 0 Å². The van der Waals surface area contributed by atoms with Gasteiger partial charge in [0.15, 0.2) is 0 Å². The van der Waals surface area contributed by atoms with Crippen LogP contribution >= 0.6 is 0 Å². The van der Waals surface area contributed by atoms with E-state index in [-0.39, 0.29) is 23.8 Å². The number of anilines is 2. The molecule has 2 N–H and O–H groups in total. The Balaban J connectivity index is 1.22. The van der Waals surface area contributed by atoms with Crippen molar-refractivity contribution in [3.63, 3.8) is 0 Å². The van der Waals surface area contributed by atoms with Crippen molar-refractivity contribution in [1.82, 2.24) is 10.2 Å². The van der Waals surface area contributed by atoms with E-state index in [1.165, 1.54) is 0 Å². The molecule has 2 aromatic rings. The number of amides is 3. The molecule has 2 fully saturated rings. The van der Waals surface area contributed by atoms with Crippen LogP contribution in [0.5, 0.6) is 0 Å². The smallest absolute Gasteiger partial charge is 0.251 e. The maximum absolute atomic E-state index is 12.6. The molecule has 0 atom stereocenters. The highest BCUT2D eigenvalue weighted by Crippen LogP contribution is 2.22. The Hall–Kier alpha value is -3.19. The largest absolute Gasteiger partial charge is 0.349 e. The van der Waals surface area contributed by atoms with E-state index in [1.807, 2.05) is 42.5 Å². The molecule has 2 heterocycles. The number of nitrogens with zero attached hydrogens (tertiary/aromatic N) is 2. The molecule has 31 heavy (non-hydrogen) atoms. The van der Waals surface area contributed by atoms with Crippen LogP contribution in [0, 0.1) is 0 Å². The van der Waals surface area contributed by atoms with Crippen molar-refractivity contribution < 1.29 is 14.4 Å². The summed E-state index contributed by atoms with van der Waals surface area (Å²) in [6, 6.07) is 16.8. The van der Waals surface area contributed by atoms with Crippen LogP contribution in [0.15, 0.2) is 54.6 Å². The van der Waals surface area contributed by atoms with Crippen molar-refractivity contribution in [2.45, 2.75) is 31.7 Å². The summed E-state index contributed by atoms with van der Waals surface area (Å²) in [5.41, 5.74) is 2.25. The summed E-state index contributed by atoms with van der Waals surface area (Å²) >= 11 is 0. The highest BCUT2D eigenvalue weighted by Gasteiger charge is 2.24. The predicted octanol–water partition coefficient (Wildman–Crippen LogP) is 2.65. The van der Waals surface area contributed by atoms with Crippen LogP contribution < -0.4 is 15.5 Å². The first-order valence-corrected chi connectivity index (χ1v) is 10.9. The van der Waals surface area contributed by atoms with Crippen molar-refractivity contribution in [1.29, 1.82) is 0 Å². The van der Waals surface area contributed by atoms with Gasteiger partial charge in [0.25, 0.3) is 5.91 Å². The number of nitrogens with one attached hydrogen (secondary N) is 2. The van der Waals surface area contributed by atoms with E-state index in [0.717, 1.165) is 50.3 Å². The van der Waals surface area contributed by atoms with Crippen molar-refractivity contribution in [2.75, 3.05) is 36.4 Å². The molecule has 0 aromatic heterocycles. The fourth-order valence-corrected chi connectivity index (χ4v) is 4.14. The third kappa shape index (κ3) is 5.49. The number of likely N-dealkylation sites (tertiary alicyclic amines) is 1. The number of rotatable bonds is 6. The number of benzene rings is 2. The second kappa shape index (κ2) is 9.75. The molecule has 4 rings (SSSR count). The molecule has 2 saturated heterocycles. The van der Waals surface area contributed by atoms with Gasteiger partial charge in [-0.2, -0.15) is 0 Å². The summed E-state index contributed by atoms with van der Waals surface area (Å²) in [4.78, 5) is 40.6. The summed E-state index contributed by atoms with van der Waals surface area (Å²) in [5, 5.41) is 6.01.